The molecule has 2 aromatic carbocycles. The fourth-order valence-electron chi connectivity index (χ4n) is 3.64. The maximum atomic E-state index is 13.1. The normalized spacial score (nSPS) is 14.2. The van der Waals surface area contributed by atoms with Crippen molar-refractivity contribution in [2.24, 2.45) is 5.10 Å². The second-order valence-corrected chi connectivity index (χ2v) is 7.38. The highest BCUT2D eigenvalue weighted by molar-refractivity contribution is 6.07. The summed E-state index contributed by atoms with van der Waals surface area (Å²) in [5.41, 5.74) is 5.98. The van der Waals surface area contributed by atoms with E-state index in [0.717, 1.165) is 17.5 Å². The summed E-state index contributed by atoms with van der Waals surface area (Å²) in [5.74, 6) is -0.164. The van der Waals surface area contributed by atoms with E-state index in [4.69, 9.17) is 4.42 Å². The Hall–Kier alpha value is -3.74. The largest absolute Gasteiger partial charge is 0.455 e. The number of carbonyl (C=O) groups is 2. The van der Waals surface area contributed by atoms with Crippen molar-refractivity contribution in [1.82, 2.24) is 10.7 Å². The molecule has 31 heavy (non-hydrogen) atoms. The maximum absolute atomic E-state index is 13.1. The highest BCUT2D eigenvalue weighted by atomic mass is 19.1. The van der Waals surface area contributed by atoms with Gasteiger partial charge in [0, 0.05) is 29.7 Å². The van der Waals surface area contributed by atoms with Gasteiger partial charge in [-0.15, -0.1) is 0 Å². The fourth-order valence-corrected chi connectivity index (χ4v) is 3.64. The van der Waals surface area contributed by atoms with Crippen molar-refractivity contribution in [3.8, 4) is 0 Å². The SMILES string of the molecule is Cc1c(C(=O)NCc2ccccc2)oc2c1/C(=N/NC(=O)c1ccc(F)cc1)CCC2. The van der Waals surface area contributed by atoms with E-state index < -0.39 is 11.7 Å². The summed E-state index contributed by atoms with van der Waals surface area (Å²) in [7, 11) is 0. The molecule has 0 saturated carbocycles. The summed E-state index contributed by atoms with van der Waals surface area (Å²) in [5, 5.41) is 7.17. The number of halogens is 1. The van der Waals surface area contributed by atoms with Crippen molar-refractivity contribution >= 4 is 17.5 Å². The average Bonchev–Trinajstić information content (AvgIpc) is 3.14. The lowest BCUT2D eigenvalue weighted by atomic mass is 9.93. The standard InChI is InChI=1S/C24H22FN3O3/c1-15-21-19(27-28-23(29)17-10-12-18(25)13-11-17)8-5-9-20(21)31-22(15)24(30)26-14-16-6-3-2-4-7-16/h2-4,6-7,10-13H,5,8-9,14H2,1H3,(H,26,30)(H,28,29)/b27-19+. The van der Waals surface area contributed by atoms with Crippen molar-refractivity contribution in [1.29, 1.82) is 0 Å². The van der Waals surface area contributed by atoms with Crippen molar-refractivity contribution in [3.05, 3.63) is 94.2 Å². The molecule has 1 aliphatic rings. The topological polar surface area (TPSA) is 83.7 Å². The lowest BCUT2D eigenvalue weighted by Crippen LogP contribution is -2.23. The predicted octanol–water partition coefficient (Wildman–Crippen LogP) is 4.13. The van der Waals surface area contributed by atoms with Crippen LogP contribution >= 0.6 is 0 Å². The number of nitrogens with zero attached hydrogens (tertiary/aromatic N) is 1. The number of benzene rings is 2. The number of furan rings is 1. The molecule has 2 N–H and O–H groups in total. The average molecular weight is 419 g/mol. The Bertz CT molecular complexity index is 1130. The van der Waals surface area contributed by atoms with Crippen LogP contribution in [0.5, 0.6) is 0 Å². The molecule has 0 bridgehead atoms. The number of hydrazone groups is 1. The number of amides is 2. The van der Waals surface area contributed by atoms with Crippen LogP contribution < -0.4 is 10.7 Å². The third kappa shape index (κ3) is 4.55. The number of aryl methyl sites for hydroxylation is 1. The monoisotopic (exact) mass is 419 g/mol. The summed E-state index contributed by atoms with van der Waals surface area (Å²) in [4.78, 5) is 25.0. The van der Waals surface area contributed by atoms with Gasteiger partial charge in [-0.1, -0.05) is 30.3 Å². The van der Waals surface area contributed by atoms with Crippen LogP contribution in [0, 0.1) is 12.7 Å². The zero-order valence-corrected chi connectivity index (χ0v) is 17.1. The molecule has 0 spiro atoms. The second-order valence-electron chi connectivity index (χ2n) is 7.38. The number of nitrogens with one attached hydrogen (secondary N) is 2. The molecular formula is C24H22FN3O3. The molecule has 0 fully saturated rings. The Morgan fingerprint density at radius 1 is 1.03 bits per heavy atom. The number of carbonyl (C=O) groups excluding carboxylic acids is 2. The van der Waals surface area contributed by atoms with Gasteiger partial charge in [0.05, 0.1) is 5.71 Å². The fraction of sp³-hybridized carbons (Fsp3) is 0.208. The first-order chi connectivity index (χ1) is 15.0. The molecule has 0 atom stereocenters. The minimum Gasteiger partial charge on any atom is -0.455 e. The number of fused-ring (bicyclic) bond motifs is 1. The molecule has 6 nitrogen and oxygen atoms in total. The molecule has 1 aromatic heterocycles. The summed E-state index contributed by atoms with van der Waals surface area (Å²) in [6.45, 7) is 2.22. The molecule has 4 rings (SSSR count). The Morgan fingerprint density at radius 3 is 2.52 bits per heavy atom. The lowest BCUT2D eigenvalue weighted by Gasteiger charge is -2.13. The lowest BCUT2D eigenvalue weighted by molar-refractivity contribution is 0.0919. The Labute approximate surface area is 179 Å². The van der Waals surface area contributed by atoms with Crippen LogP contribution in [0.25, 0.3) is 0 Å². The van der Waals surface area contributed by atoms with Gasteiger partial charge in [-0.2, -0.15) is 5.10 Å². The summed E-state index contributed by atoms with van der Waals surface area (Å²) in [6.07, 6.45) is 2.16. The first kappa shape index (κ1) is 20.5. The molecule has 2 amide bonds. The zero-order valence-electron chi connectivity index (χ0n) is 17.1. The Kier molecular flexibility index (Phi) is 5.93. The molecule has 1 aliphatic carbocycles. The van der Waals surface area contributed by atoms with E-state index in [9.17, 15) is 14.0 Å². The number of hydrogen-bond donors (Lipinski definition) is 2. The molecular weight excluding hydrogens is 397 g/mol. The van der Waals surface area contributed by atoms with Gasteiger partial charge in [0.25, 0.3) is 11.8 Å². The van der Waals surface area contributed by atoms with E-state index in [2.05, 4.69) is 15.8 Å². The van der Waals surface area contributed by atoms with E-state index in [1.54, 1.807) is 0 Å². The highest BCUT2D eigenvalue weighted by Gasteiger charge is 2.28. The predicted molar refractivity (Wildman–Crippen MR) is 114 cm³/mol. The Balaban J connectivity index is 1.51. The minimum absolute atomic E-state index is 0.264. The van der Waals surface area contributed by atoms with Crippen LogP contribution in [0.4, 0.5) is 4.39 Å². The zero-order chi connectivity index (χ0) is 21.8. The van der Waals surface area contributed by atoms with Crippen molar-refractivity contribution in [2.75, 3.05) is 0 Å². The van der Waals surface area contributed by atoms with Gasteiger partial charge < -0.3 is 9.73 Å². The van der Waals surface area contributed by atoms with Gasteiger partial charge in [0.1, 0.15) is 11.6 Å². The van der Waals surface area contributed by atoms with E-state index in [0.29, 0.717) is 42.0 Å². The van der Waals surface area contributed by atoms with Gasteiger partial charge in [-0.3, -0.25) is 9.59 Å². The summed E-state index contributed by atoms with van der Waals surface area (Å²) >= 11 is 0. The van der Waals surface area contributed by atoms with Crippen LogP contribution in [0.2, 0.25) is 0 Å². The molecule has 3 aromatic rings. The minimum atomic E-state index is -0.429. The van der Waals surface area contributed by atoms with Crippen LogP contribution in [0.1, 0.15) is 56.2 Å². The smallest absolute Gasteiger partial charge is 0.287 e. The van der Waals surface area contributed by atoms with Crippen LogP contribution in [-0.2, 0) is 13.0 Å². The van der Waals surface area contributed by atoms with Gasteiger partial charge in [-0.25, -0.2) is 9.82 Å². The first-order valence-corrected chi connectivity index (χ1v) is 10.1. The molecule has 0 aliphatic heterocycles. The van der Waals surface area contributed by atoms with E-state index in [1.165, 1.54) is 24.3 Å². The van der Waals surface area contributed by atoms with Crippen LogP contribution in [-0.4, -0.2) is 17.5 Å². The van der Waals surface area contributed by atoms with E-state index >= 15 is 0 Å². The van der Waals surface area contributed by atoms with E-state index in [-0.39, 0.29) is 11.7 Å². The molecule has 0 radical (unpaired) electrons. The summed E-state index contributed by atoms with van der Waals surface area (Å²) in [6, 6.07) is 14.9. The van der Waals surface area contributed by atoms with Gasteiger partial charge in [0.2, 0.25) is 0 Å². The van der Waals surface area contributed by atoms with Gasteiger partial charge in [0.15, 0.2) is 5.76 Å². The van der Waals surface area contributed by atoms with Gasteiger partial charge >= 0.3 is 0 Å². The summed E-state index contributed by atoms with van der Waals surface area (Å²) < 4.78 is 18.9. The number of rotatable bonds is 5. The third-order valence-corrected chi connectivity index (χ3v) is 5.23. The van der Waals surface area contributed by atoms with Crippen molar-refractivity contribution in [2.45, 2.75) is 32.7 Å². The second kappa shape index (κ2) is 8.95. The van der Waals surface area contributed by atoms with Crippen molar-refractivity contribution in [3.63, 3.8) is 0 Å². The van der Waals surface area contributed by atoms with Crippen molar-refractivity contribution < 1.29 is 18.4 Å². The Morgan fingerprint density at radius 2 is 1.77 bits per heavy atom. The molecule has 7 heteroatoms. The number of hydrogen-bond acceptors (Lipinski definition) is 4. The van der Waals surface area contributed by atoms with Crippen LogP contribution in [0.15, 0.2) is 64.1 Å². The highest BCUT2D eigenvalue weighted by Crippen LogP contribution is 2.30. The first-order valence-electron chi connectivity index (χ1n) is 10.1. The molecule has 0 saturated heterocycles. The molecule has 0 unspecified atom stereocenters. The van der Waals surface area contributed by atoms with Gasteiger partial charge in [-0.05, 0) is 49.6 Å². The van der Waals surface area contributed by atoms with E-state index in [1.807, 2.05) is 37.3 Å². The van der Waals surface area contributed by atoms with Crippen LogP contribution in [0.3, 0.4) is 0 Å². The maximum Gasteiger partial charge on any atom is 0.287 e. The third-order valence-electron chi connectivity index (χ3n) is 5.23. The molecule has 158 valence electrons. The quantitative estimate of drug-likeness (QED) is 0.610. The molecule has 1 heterocycles.